The normalized spacial score (nSPS) is 10.8. The number of nitrogens with zero attached hydrogens (tertiary/aromatic N) is 2. The summed E-state index contributed by atoms with van der Waals surface area (Å²) in [7, 11) is 1.52. The molecule has 3 aromatic carbocycles. The number of rotatable bonds is 7. The lowest BCUT2D eigenvalue weighted by Crippen LogP contribution is -2.23. The Morgan fingerprint density at radius 1 is 1.12 bits per heavy atom. The molecule has 8 nitrogen and oxygen atoms in total. The van der Waals surface area contributed by atoms with Gasteiger partial charge in [0.2, 0.25) is 11.8 Å². The van der Waals surface area contributed by atoms with E-state index >= 15 is 0 Å². The number of fused-ring (bicyclic) bond motifs is 1. The number of amides is 2. The van der Waals surface area contributed by atoms with Crippen LogP contribution in [-0.4, -0.2) is 34.2 Å². The first-order valence-corrected chi connectivity index (χ1v) is 11.4. The van der Waals surface area contributed by atoms with E-state index in [9.17, 15) is 14.4 Å². The Morgan fingerprint density at radius 2 is 1.85 bits per heavy atom. The van der Waals surface area contributed by atoms with Gasteiger partial charge in [-0.2, -0.15) is 0 Å². The second kappa shape index (κ2) is 9.98. The van der Waals surface area contributed by atoms with Crippen LogP contribution in [-0.2, 0) is 4.79 Å². The molecule has 2 amide bonds. The van der Waals surface area contributed by atoms with E-state index in [0.29, 0.717) is 43.8 Å². The Kier molecular flexibility index (Phi) is 6.85. The molecule has 0 spiro atoms. The maximum absolute atomic E-state index is 13.4. The molecule has 3 N–H and O–H groups in total. The van der Waals surface area contributed by atoms with Gasteiger partial charge in [-0.25, -0.2) is 4.98 Å². The number of thioether (sulfide) groups is 1. The first-order valence-electron chi connectivity index (χ1n) is 10.1. The first kappa shape index (κ1) is 23.3. The number of halogens is 1. The predicted molar refractivity (Wildman–Crippen MR) is 133 cm³/mol. The molecule has 0 unspecified atom stereocenters. The van der Waals surface area contributed by atoms with Gasteiger partial charge in [0, 0.05) is 16.3 Å². The highest BCUT2D eigenvalue weighted by molar-refractivity contribution is 7.99. The van der Waals surface area contributed by atoms with Crippen molar-refractivity contribution in [1.82, 2.24) is 9.55 Å². The highest BCUT2D eigenvalue weighted by atomic mass is 35.5. The molecule has 0 atom stereocenters. The molecule has 0 saturated heterocycles. The highest BCUT2D eigenvalue weighted by Crippen LogP contribution is 2.28. The van der Waals surface area contributed by atoms with E-state index in [1.807, 2.05) is 0 Å². The van der Waals surface area contributed by atoms with Gasteiger partial charge >= 0.3 is 0 Å². The second-order valence-corrected chi connectivity index (χ2v) is 8.53. The van der Waals surface area contributed by atoms with Crippen LogP contribution in [0.4, 0.5) is 5.69 Å². The van der Waals surface area contributed by atoms with Crippen LogP contribution in [0.2, 0.25) is 5.02 Å². The van der Waals surface area contributed by atoms with Crippen LogP contribution in [0.5, 0.6) is 5.75 Å². The zero-order chi connectivity index (χ0) is 24.2. The molecule has 0 aliphatic rings. The molecule has 4 aromatic rings. The summed E-state index contributed by atoms with van der Waals surface area (Å²) in [5, 5.41) is 3.89. The van der Waals surface area contributed by atoms with Crippen molar-refractivity contribution < 1.29 is 14.3 Å². The summed E-state index contributed by atoms with van der Waals surface area (Å²) in [6.07, 6.45) is 0. The monoisotopic (exact) mass is 494 g/mol. The Bertz CT molecular complexity index is 1450. The van der Waals surface area contributed by atoms with Crippen LogP contribution in [0.25, 0.3) is 16.6 Å². The fraction of sp³-hybridized carbons (Fsp3) is 0.0833. The first-order chi connectivity index (χ1) is 16.4. The molecule has 0 bridgehead atoms. The minimum absolute atomic E-state index is 0.0226. The van der Waals surface area contributed by atoms with Crippen molar-refractivity contribution in [2.24, 2.45) is 5.73 Å². The van der Waals surface area contributed by atoms with Crippen LogP contribution >= 0.6 is 23.4 Å². The van der Waals surface area contributed by atoms with Crippen molar-refractivity contribution in [3.05, 3.63) is 87.7 Å². The summed E-state index contributed by atoms with van der Waals surface area (Å²) < 4.78 is 6.87. The molecule has 172 valence electrons. The standard InChI is InChI=1S/C24H19ClN4O4S/c1-33-20-5-3-2-4-19(20)29-23(32)17-11-8-15(25)12-18(17)28-24(29)34-13-21(30)27-16-9-6-14(7-10-16)22(26)31/h2-12H,13H2,1H3,(H2,26,31)(H,27,30). The van der Waals surface area contributed by atoms with Gasteiger partial charge in [0.05, 0.1) is 29.5 Å². The van der Waals surface area contributed by atoms with Crippen molar-refractivity contribution in [3.63, 3.8) is 0 Å². The SMILES string of the molecule is COc1ccccc1-n1c(SCC(=O)Nc2ccc(C(N)=O)cc2)nc2cc(Cl)ccc2c1=O. The molecule has 34 heavy (non-hydrogen) atoms. The van der Waals surface area contributed by atoms with Gasteiger partial charge in [0.15, 0.2) is 5.16 Å². The number of nitrogens with two attached hydrogens (primary N) is 1. The summed E-state index contributed by atoms with van der Waals surface area (Å²) in [6, 6.07) is 18.2. The number of nitrogens with one attached hydrogen (secondary N) is 1. The minimum Gasteiger partial charge on any atom is -0.495 e. The van der Waals surface area contributed by atoms with Crippen molar-refractivity contribution in [2.75, 3.05) is 18.2 Å². The highest BCUT2D eigenvalue weighted by Gasteiger charge is 2.18. The Balaban J connectivity index is 1.67. The number of primary amides is 1. The average Bonchev–Trinajstić information content (AvgIpc) is 2.83. The van der Waals surface area contributed by atoms with Gasteiger partial charge in [-0.1, -0.05) is 35.5 Å². The van der Waals surface area contributed by atoms with Gasteiger partial charge in [0.1, 0.15) is 5.75 Å². The van der Waals surface area contributed by atoms with Gasteiger partial charge in [0.25, 0.3) is 5.56 Å². The van der Waals surface area contributed by atoms with Crippen molar-refractivity contribution >= 4 is 51.8 Å². The molecule has 4 rings (SSSR count). The average molecular weight is 495 g/mol. The quantitative estimate of drug-likeness (QED) is 0.297. The van der Waals surface area contributed by atoms with Gasteiger partial charge < -0.3 is 15.8 Å². The van der Waals surface area contributed by atoms with Gasteiger partial charge in [-0.15, -0.1) is 0 Å². The van der Waals surface area contributed by atoms with Crippen LogP contribution in [0.15, 0.2) is 76.7 Å². The number of hydrogen-bond acceptors (Lipinski definition) is 6. The number of methoxy groups -OCH3 is 1. The van der Waals surface area contributed by atoms with E-state index in [1.54, 1.807) is 54.6 Å². The molecule has 0 saturated carbocycles. The number of carbonyl (C=O) groups excluding carboxylic acids is 2. The number of anilines is 1. The number of hydrogen-bond donors (Lipinski definition) is 2. The van der Waals surface area contributed by atoms with Gasteiger partial charge in [-0.05, 0) is 54.6 Å². The van der Waals surface area contributed by atoms with Crippen LogP contribution in [0.3, 0.4) is 0 Å². The van der Waals surface area contributed by atoms with Gasteiger partial charge in [-0.3, -0.25) is 19.0 Å². The molecule has 0 fully saturated rings. The number of aromatic nitrogens is 2. The summed E-state index contributed by atoms with van der Waals surface area (Å²) in [6.45, 7) is 0. The third-order valence-electron chi connectivity index (χ3n) is 4.91. The fourth-order valence-electron chi connectivity index (χ4n) is 3.31. The van der Waals surface area contributed by atoms with E-state index in [-0.39, 0.29) is 17.2 Å². The van der Waals surface area contributed by atoms with Crippen molar-refractivity contribution in [1.29, 1.82) is 0 Å². The van der Waals surface area contributed by atoms with Crippen LogP contribution < -0.4 is 21.3 Å². The van der Waals surface area contributed by atoms with E-state index in [0.717, 1.165) is 11.8 Å². The molecule has 0 aliphatic carbocycles. The topological polar surface area (TPSA) is 116 Å². The predicted octanol–water partition coefficient (Wildman–Crippen LogP) is 3.88. The largest absolute Gasteiger partial charge is 0.495 e. The van der Waals surface area contributed by atoms with Crippen LogP contribution in [0, 0.1) is 0 Å². The van der Waals surface area contributed by atoms with E-state index < -0.39 is 5.91 Å². The van der Waals surface area contributed by atoms with E-state index in [2.05, 4.69) is 10.3 Å². The Hall–Kier alpha value is -3.82. The zero-order valence-corrected chi connectivity index (χ0v) is 19.5. The Morgan fingerprint density at radius 3 is 2.56 bits per heavy atom. The lowest BCUT2D eigenvalue weighted by Gasteiger charge is -2.15. The second-order valence-electron chi connectivity index (χ2n) is 7.15. The maximum atomic E-state index is 13.4. The maximum Gasteiger partial charge on any atom is 0.266 e. The third-order valence-corrected chi connectivity index (χ3v) is 6.09. The number of ether oxygens (including phenoxy) is 1. The molecule has 0 radical (unpaired) electrons. The number of benzene rings is 3. The molecule has 1 heterocycles. The van der Waals surface area contributed by atoms with E-state index in [1.165, 1.54) is 23.8 Å². The lowest BCUT2D eigenvalue weighted by atomic mass is 10.2. The molecular weight excluding hydrogens is 476 g/mol. The number of carbonyl (C=O) groups is 2. The smallest absolute Gasteiger partial charge is 0.266 e. The van der Waals surface area contributed by atoms with Crippen LogP contribution in [0.1, 0.15) is 10.4 Å². The van der Waals surface area contributed by atoms with Crippen molar-refractivity contribution in [3.8, 4) is 11.4 Å². The molecular formula is C24H19ClN4O4S. The van der Waals surface area contributed by atoms with E-state index in [4.69, 9.17) is 22.1 Å². The number of para-hydroxylation sites is 2. The third kappa shape index (κ3) is 4.90. The summed E-state index contributed by atoms with van der Waals surface area (Å²) in [4.78, 5) is 41.8. The lowest BCUT2D eigenvalue weighted by molar-refractivity contribution is -0.113. The summed E-state index contributed by atoms with van der Waals surface area (Å²) >= 11 is 7.21. The molecule has 1 aromatic heterocycles. The summed E-state index contributed by atoms with van der Waals surface area (Å²) in [5.41, 5.74) is 6.71. The van der Waals surface area contributed by atoms with Crippen molar-refractivity contribution in [2.45, 2.75) is 5.16 Å². The molecule has 10 heteroatoms. The zero-order valence-electron chi connectivity index (χ0n) is 17.9. The Labute approximate surface area is 203 Å². The minimum atomic E-state index is -0.551. The fourth-order valence-corrected chi connectivity index (χ4v) is 4.28. The molecule has 0 aliphatic heterocycles. The summed E-state index contributed by atoms with van der Waals surface area (Å²) in [5.74, 6) is -0.403.